The molecule has 0 saturated carbocycles. The Kier molecular flexibility index (Phi) is 5.38. The predicted molar refractivity (Wildman–Crippen MR) is 108 cm³/mol. The Bertz CT molecular complexity index is 1000. The van der Waals surface area contributed by atoms with Crippen LogP contribution in [0, 0.1) is 6.92 Å². The van der Waals surface area contributed by atoms with Gasteiger partial charge >= 0.3 is 0 Å². The molecule has 1 N–H and O–H groups in total. The Morgan fingerprint density at radius 3 is 2.79 bits per heavy atom. The molecule has 8 heteroatoms. The van der Waals surface area contributed by atoms with Crippen molar-refractivity contribution in [2.45, 2.75) is 31.2 Å². The van der Waals surface area contributed by atoms with Crippen LogP contribution in [0.5, 0.6) is 0 Å². The average Bonchev–Trinajstić information content (AvgIpc) is 3.42. The highest BCUT2D eigenvalue weighted by molar-refractivity contribution is 8.00. The van der Waals surface area contributed by atoms with Crippen LogP contribution >= 0.6 is 11.8 Å². The Labute approximate surface area is 167 Å². The van der Waals surface area contributed by atoms with Crippen LogP contribution in [0.4, 0.5) is 5.82 Å². The zero-order valence-electron chi connectivity index (χ0n) is 15.7. The third-order valence-electron chi connectivity index (χ3n) is 4.77. The topological polar surface area (TPSA) is 80.4 Å². The van der Waals surface area contributed by atoms with Crippen LogP contribution in [0.3, 0.4) is 0 Å². The van der Waals surface area contributed by atoms with Crippen LogP contribution in [0.1, 0.15) is 18.6 Å². The maximum atomic E-state index is 12.6. The van der Waals surface area contributed by atoms with E-state index in [9.17, 15) is 9.59 Å². The van der Waals surface area contributed by atoms with Gasteiger partial charge in [0.25, 0.3) is 0 Å². The summed E-state index contributed by atoms with van der Waals surface area (Å²) in [5, 5.41) is 7.55. The van der Waals surface area contributed by atoms with Gasteiger partial charge in [0.2, 0.25) is 11.8 Å². The minimum Gasteiger partial charge on any atom is -0.360 e. The second-order valence-corrected chi connectivity index (χ2v) is 7.90. The fourth-order valence-electron chi connectivity index (χ4n) is 3.42. The van der Waals surface area contributed by atoms with Gasteiger partial charge in [-0.15, -0.1) is 11.8 Å². The number of rotatable bonds is 6. The fourth-order valence-corrected chi connectivity index (χ4v) is 4.31. The van der Waals surface area contributed by atoms with E-state index < -0.39 is 0 Å². The number of fused-ring (bicyclic) bond motifs is 1. The number of anilines is 1. The van der Waals surface area contributed by atoms with E-state index in [-0.39, 0.29) is 17.6 Å². The van der Waals surface area contributed by atoms with Gasteiger partial charge in [0.15, 0.2) is 5.82 Å². The second-order valence-electron chi connectivity index (χ2n) is 6.89. The number of hydrogen-bond acceptors (Lipinski definition) is 5. The summed E-state index contributed by atoms with van der Waals surface area (Å²) in [7, 11) is 0. The molecule has 3 heterocycles. The molecule has 1 aliphatic rings. The summed E-state index contributed by atoms with van der Waals surface area (Å²) in [5.41, 5.74) is 1.00. The van der Waals surface area contributed by atoms with E-state index in [4.69, 9.17) is 4.52 Å². The van der Waals surface area contributed by atoms with Gasteiger partial charge < -0.3 is 19.3 Å². The fraction of sp³-hybridized carbons (Fsp3) is 0.350. The lowest BCUT2D eigenvalue weighted by Crippen LogP contribution is -2.30. The van der Waals surface area contributed by atoms with Gasteiger partial charge in [0.05, 0.1) is 5.75 Å². The van der Waals surface area contributed by atoms with E-state index >= 15 is 0 Å². The van der Waals surface area contributed by atoms with E-state index in [0.717, 1.165) is 41.7 Å². The Hall–Kier alpha value is -2.74. The Balaban J connectivity index is 1.46. The highest BCUT2D eigenvalue weighted by Crippen LogP contribution is 2.30. The van der Waals surface area contributed by atoms with Crippen molar-refractivity contribution in [3.05, 3.63) is 42.3 Å². The number of carbonyl (C=O) groups excluding carboxylic acids is 2. The van der Waals surface area contributed by atoms with Gasteiger partial charge in [-0.05, 0) is 25.8 Å². The molecule has 1 fully saturated rings. The lowest BCUT2D eigenvalue weighted by molar-refractivity contribution is -0.130. The number of thioether (sulfide) groups is 1. The van der Waals surface area contributed by atoms with Crippen molar-refractivity contribution in [1.29, 1.82) is 0 Å². The maximum Gasteiger partial charge on any atom is 0.242 e. The molecule has 146 valence electrons. The third-order valence-corrected chi connectivity index (χ3v) is 5.81. The molecule has 1 saturated heterocycles. The van der Waals surface area contributed by atoms with Crippen LogP contribution in [0.2, 0.25) is 0 Å². The molecule has 0 aliphatic carbocycles. The van der Waals surface area contributed by atoms with E-state index in [1.807, 2.05) is 39.9 Å². The lowest BCUT2D eigenvalue weighted by atomic mass is 10.2. The van der Waals surface area contributed by atoms with Gasteiger partial charge in [0, 0.05) is 41.2 Å². The molecule has 0 spiro atoms. The molecule has 1 aromatic carbocycles. The summed E-state index contributed by atoms with van der Waals surface area (Å²) < 4.78 is 6.94. The number of amides is 2. The third kappa shape index (κ3) is 4.06. The largest absolute Gasteiger partial charge is 0.360 e. The number of aryl methyl sites for hydroxylation is 1. The normalized spacial score (nSPS) is 14.0. The molecule has 2 aromatic heterocycles. The molecular weight excluding hydrogens is 376 g/mol. The van der Waals surface area contributed by atoms with Gasteiger partial charge in [0.1, 0.15) is 12.3 Å². The number of nitrogens with zero attached hydrogens (tertiary/aromatic N) is 3. The van der Waals surface area contributed by atoms with E-state index in [0.29, 0.717) is 18.1 Å². The second kappa shape index (κ2) is 8.10. The molecule has 0 radical (unpaired) electrons. The van der Waals surface area contributed by atoms with Crippen molar-refractivity contribution >= 4 is 40.3 Å². The summed E-state index contributed by atoms with van der Waals surface area (Å²) >= 11 is 1.45. The zero-order chi connectivity index (χ0) is 19.5. The number of hydrogen-bond donors (Lipinski definition) is 1. The van der Waals surface area contributed by atoms with E-state index in [1.165, 1.54) is 11.8 Å². The first-order chi connectivity index (χ1) is 13.6. The number of likely N-dealkylation sites (tertiary alicyclic amines) is 1. The molecule has 2 amide bonds. The molecular formula is C20H22N4O3S. The van der Waals surface area contributed by atoms with Gasteiger partial charge in [-0.3, -0.25) is 9.59 Å². The van der Waals surface area contributed by atoms with E-state index in [2.05, 4.69) is 10.5 Å². The van der Waals surface area contributed by atoms with Crippen LogP contribution in [0.15, 0.2) is 45.9 Å². The van der Waals surface area contributed by atoms with Crippen molar-refractivity contribution in [3.63, 3.8) is 0 Å². The molecule has 1 aliphatic heterocycles. The molecule has 0 atom stereocenters. The van der Waals surface area contributed by atoms with Crippen molar-refractivity contribution in [2.75, 3.05) is 24.2 Å². The van der Waals surface area contributed by atoms with Crippen LogP contribution < -0.4 is 5.32 Å². The van der Waals surface area contributed by atoms with Crippen LogP contribution in [0.25, 0.3) is 10.9 Å². The number of benzene rings is 1. The minimum atomic E-state index is -0.150. The SMILES string of the molecule is Cc1cc(NC(=O)CSc2cn(CC(=O)N3CCCC3)c3ccccc23)no1. The smallest absolute Gasteiger partial charge is 0.242 e. The summed E-state index contributed by atoms with van der Waals surface area (Å²) in [5.74, 6) is 1.31. The quantitative estimate of drug-likeness (QED) is 0.645. The van der Waals surface area contributed by atoms with E-state index in [1.54, 1.807) is 13.0 Å². The molecule has 0 bridgehead atoms. The first-order valence-electron chi connectivity index (χ1n) is 9.32. The predicted octanol–water partition coefficient (Wildman–Crippen LogP) is 3.29. The van der Waals surface area contributed by atoms with Crippen molar-refractivity contribution < 1.29 is 14.1 Å². The summed E-state index contributed by atoms with van der Waals surface area (Å²) in [6.07, 6.45) is 4.13. The summed E-state index contributed by atoms with van der Waals surface area (Å²) in [6, 6.07) is 9.64. The van der Waals surface area contributed by atoms with Crippen molar-refractivity contribution in [3.8, 4) is 0 Å². The number of aromatic nitrogens is 2. The first kappa shape index (κ1) is 18.6. The minimum absolute atomic E-state index is 0.147. The summed E-state index contributed by atoms with van der Waals surface area (Å²) in [4.78, 5) is 27.7. The maximum absolute atomic E-state index is 12.6. The molecule has 7 nitrogen and oxygen atoms in total. The molecule has 3 aromatic rings. The number of carbonyl (C=O) groups is 2. The standard InChI is InChI=1S/C20H22N4O3S/c1-14-10-18(22-27-14)21-19(25)13-28-17-11-24(16-7-3-2-6-15(16)17)12-20(26)23-8-4-5-9-23/h2-3,6-7,10-11H,4-5,8-9,12-13H2,1H3,(H,21,22,25). The van der Waals surface area contributed by atoms with Gasteiger partial charge in [-0.1, -0.05) is 23.4 Å². The first-order valence-corrected chi connectivity index (χ1v) is 10.3. The van der Waals surface area contributed by atoms with Crippen molar-refractivity contribution in [1.82, 2.24) is 14.6 Å². The molecule has 0 unspecified atom stereocenters. The van der Waals surface area contributed by atoms with Gasteiger partial charge in [-0.25, -0.2) is 0 Å². The van der Waals surface area contributed by atoms with Crippen LogP contribution in [-0.4, -0.2) is 45.3 Å². The highest BCUT2D eigenvalue weighted by Gasteiger charge is 2.19. The Morgan fingerprint density at radius 1 is 1.25 bits per heavy atom. The Morgan fingerprint density at radius 2 is 2.04 bits per heavy atom. The van der Waals surface area contributed by atoms with Gasteiger partial charge in [-0.2, -0.15) is 0 Å². The monoisotopic (exact) mass is 398 g/mol. The molecule has 28 heavy (non-hydrogen) atoms. The number of para-hydroxylation sites is 1. The zero-order valence-corrected chi connectivity index (χ0v) is 16.5. The highest BCUT2D eigenvalue weighted by atomic mass is 32.2. The van der Waals surface area contributed by atoms with Crippen LogP contribution in [-0.2, 0) is 16.1 Å². The number of nitrogens with one attached hydrogen (secondary N) is 1. The van der Waals surface area contributed by atoms with Crippen molar-refractivity contribution in [2.24, 2.45) is 0 Å². The lowest BCUT2D eigenvalue weighted by Gasteiger charge is -2.15. The summed E-state index contributed by atoms with van der Waals surface area (Å²) in [6.45, 7) is 3.80. The molecule has 4 rings (SSSR count). The average molecular weight is 398 g/mol.